The van der Waals surface area contributed by atoms with Crippen LogP contribution in [-0.4, -0.2) is 40.8 Å². The molecule has 0 aromatic carbocycles. The van der Waals surface area contributed by atoms with Crippen LogP contribution in [0, 0.1) is 0 Å². The molecule has 0 bridgehead atoms. The van der Waals surface area contributed by atoms with Gasteiger partial charge in [0.1, 0.15) is 31.6 Å². The Morgan fingerprint density at radius 1 is 1.53 bits per heavy atom. The maximum Gasteiger partial charge on any atom is 0.289 e. The lowest BCUT2D eigenvalue weighted by molar-refractivity contribution is -0.122. The third-order valence-electron chi connectivity index (χ3n) is 2.21. The number of H-pyrrole nitrogens is 1. The molecular formula is C10H14N4O3. The summed E-state index contributed by atoms with van der Waals surface area (Å²) in [6.45, 7) is 1.46. The minimum absolute atomic E-state index is 0.232. The Morgan fingerprint density at radius 2 is 2.47 bits per heavy atom. The highest BCUT2D eigenvalue weighted by atomic mass is 16.6. The first-order valence-corrected chi connectivity index (χ1v) is 5.43. The minimum atomic E-state index is -0.248. The third kappa shape index (κ3) is 3.47. The van der Waals surface area contributed by atoms with Crippen molar-refractivity contribution in [1.29, 1.82) is 0 Å². The predicted octanol–water partition coefficient (Wildman–Crippen LogP) is -0.258. The van der Waals surface area contributed by atoms with Gasteiger partial charge in [-0.2, -0.15) is 5.10 Å². The number of nitrogens with one attached hydrogen (secondary N) is 2. The molecule has 7 nitrogen and oxygen atoms in total. The van der Waals surface area contributed by atoms with Crippen molar-refractivity contribution in [2.24, 2.45) is 0 Å². The number of aromatic nitrogens is 3. The van der Waals surface area contributed by atoms with Gasteiger partial charge in [-0.3, -0.25) is 9.89 Å². The molecule has 0 saturated heterocycles. The summed E-state index contributed by atoms with van der Waals surface area (Å²) in [5, 5.41) is 9.24. The first-order chi connectivity index (χ1) is 8.36. The van der Waals surface area contributed by atoms with E-state index in [0.717, 1.165) is 18.7 Å². The van der Waals surface area contributed by atoms with E-state index in [0.29, 0.717) is 19.8 Å². The van der Waals surface area contributed by atoms with Crippen LogP contribution in [0.25, 0.3) is 0 Å². The fourth-order valence-corrected chi connectivity index (χ4v) is 1.38. The molecule has 2 N–H and O–H groups in total. The second kappa shape index (κ2) is 5.88. The summed E-state index contributed by atoms with van der Waals surface area (Å²) in [5.74, 6) is 0.800. The van der Waals surface area contributed by atoms with Gasteiger partial charge in [0.2, 0.25) is 5.76 Å². The molecule has 1 aliphatic rings. The fourth-order valence-electron chi connectivity index (χ4n) is 1.38. The van der Waals surface area contributed by atoms with Crippen LogP contribution in [0.15, 0.2) is 18.3 Å². The molecule has 0 spiro atoms. The number of hydrogen-bond donors (Lipinski definition) is 2. The van der Waals surface area contributed by atoms with E-state index in [9.17, 15) is 4.79 Å². The number of amides is 1. The lowest BCUT2D eigenvalue weighted by Gasteiger charge is -2.14. The Bertz CT molecular complexity index is 388. The normalized spacial score (nSPS) is 14.5. The number of carbonyl (C=O) groups excluding carboxylic acids is 1. The zero-order chi connectivity index (χ0) is 11.9. The average Bonchev–Trinajstić information content (AvgIpc) is 2.88. The molecule has 2 heterocycles. The Labute approximate surface area is 98.2 Å². The number of aryl methyl sites for hydroxylation is 1. The van der Waals surface area contributed by atoms with Gasteiger partial charge in [-0.25, -0.2) is 4.98 Å². The monoisotopic (exact) mass is 238 g/mol. The molecule has 0 unspecified atom stereocenters. The summed E-state index contributed by atoms with van der Waals surface area (Å²) in [4.78, 5) is 15.5. The van der Waals surface area contributed by atoms with Gasteiger partial charge in [0.15, 0.2) is 0 Å². The third-order valence-corrected chi connectivity index (χ3v) is 2.21. The van der Waals surface area contributed by atoms with E-state index < -0.39 is 0 Å². The van der Waals surface area contributed by atoms with E-state index in [2.05, 4.69) is 20.5 Å². The highest BCUT2D eigenvalue weighted by Gasteiger charge is 2.13. The van der Waals surface area contributed by atoms with Crippen molar-refractivity contribution < 1.29 is 14.3 Å². The molecule has 0 fully saturated rings. The maximum absolute atomic E-state index is 11.5. The summed E-state index contributed by atoms with van der Waals surface area (Å²) in [5.41, 5.74) is 0. The summed E-state index contributed by atoms with van der Waals surface area (Å²) >= 11 is 0. The molecule has 1 aliphatic heterocycles. The smallest absolute Gasteiger partial charge is 0.289 e. The maximum atomic E-state index is 11.5. The van der Waals surface area contributed by atoms with Crippen molar-refractivity contribution >= 4 is 5.91 Å². The quantitative estimate of drug-likeness (QED) is 0.690. The Morgan fingerprint density at radius 3 is 3.18 bits per heavy atom. The van der Waals surface area contributed by atoms with Crippen LogP contribution in [0.3, 0.4) is 0 Å². The topological polar surface area (TPSA) is 89.1 Å². The zero-order valence-corrected chi connectivity index (χ0v) is 9.31. The van der Waals surface area contributed by atoms with Gasteiger partial charge in [-0.15, -0.1) is 0 Å². The van der Waals surface area contributed by atoms with Crippen molar-refractivity contribution in [3.8, 4) is 0 Å². The van der Waals surface area contributed by atoms with Gasteiger partial charge in [0, 0.05) is 13.0 Å². The van der Waals surface area contributed by atoms with Gasteiger partial charge < -0.3 is 14.8 Å². The SMILES string of the molecule is O=C(NCCCc1ncn[nH]1)C1=COCCO1. The van der Waals surface area contributed by atoms with Crippen molar-refractivity contribution in [3.63, 3.8) is 0 Å². The van der Waals surface area contributed by atoms with Gasteiger partial charge in [0.05, 0.1) is 0 Å². The van der Waals surface area contributed by atoms with E-state index in [1.807, 2.05) is 0 Å². The van der Waals surface area contributed by atoms with Gasteiger partial charge in [-0.05, 0) is 6.42 Å². The molecule has 17 heavy (non-hydrogen) atoms. The van der Waals surface area contributed by atoms with Gasteiger partial charge >= 0.3 is 0 Å². The summed E-state index contributed by atoms with van der Waals surface area (Å²) in [7, 11) is 0. The van der Waals surface area contributed by atoms with Crippen LogP contribution in [-0.2, 0) is 20.7 Å². The molecule has 0 radical (unpaired) electrons. The lowest BCUT2D eigenvalue weighted by Crippen LogP contribution is -2.29. The second-order valence-corrected chi connectivity index (χ2v) is 3.49. The van der Waals surface area contributed by atoms with E-state index in [1.165, 1.54) is 12.6 Å². The van der Waals surface area contributed by atoms with Gasteiger partial charge in [-0.1, -0.05) is 0 Å². The molecule has 0 aliphatic carbocycles. The number of hydrogen-bond acceptors (Lipinski definition) is 5. The van der Waals surface area contributed by atoms with Crippen LogP contribution in [0.1, 0.15) is 12.2 Å². The van der Waals surface area contributed by atoms with Crippen LogP contribution < -0.4 is 5.32 Å². The number of rotatable bonds is 5. The van der Waals surface area contributed by atoms with Crippen LogP contribution in [0.4, 0.5) is 0 Å². The fraction of sp³-hybridized carbons (Fsp3) is 0.500. The van der Waals surface area contributed by atoms with Crippen molar-refractivity contribution in [1.82, 2.24) is 20.5 Å². The number of ether oxygens (including phenoxy) is 2. The molecule has 92 valence electrons. The second-order valence-electron chi connectivity index (χ2n) is 3.49. The number of nitrogens with zero attached hydrogens (tertiary/aromatic N) is 2. The van der Waals surface area contributed by atoms with Gasteiger partial charge in [0.25, 0.3) is 5.91 Å². The number of aromatic amines is 1. The Balaban J connectivity index is 1.64. The van der Waals surface area contributed by atoms with Crippen LogP contribution >= 0.6 is 0 Å². The summed E-state index contributed by atoms with van der Waals surface area (Å²) in [6.07, 6.45) is 4.34. The van der Waals surface area contributed by atoms with Crippen LogP contribution in [0.2, 0.25) is 0 Å². The highest BCUT2D eigenvalue weighted by molar-refractivity contribution is 5.91. The zero-order valence-electron chi connectivity index (χ0n) is 9.31. The summed E-state index contributed by atoms with van der Waals surface area (Å²) in [6, 6.07) is 0. The molecule has 1 aromatic rings. The Hall–Kier alpha value is -2.05. The lowest BCUT2D eigenvalue weighted by atomic mass is 10.3. The molecule has 1 amide bonds. The predicted molar refractivity (Wildman–Crippen MR) is 57.7 cm³/mol. The van der Waals surface area contributed by atoms with Crippen molar-refractivity contribution in [2.75, 3.05) is 19.8 Å². The van der Waals surface area contributed by atoms with E-state index >= 15 is 0 Å². The van der Waals surface area contributed by atoms with Crippen LogP contribution in [0.5, 0.6) is 0 Å². The molecule has 2 rings (SSSR count). The van der Waals surface area contributed by atoms with Crippen molar-refractivity contribution in [2.45, 2.75) is 12.8 Å². The standard InChI is InChI=1S/C10H14N4O3/c15-10(8-6-16-4-5-17-8)11-3-1-2-9-12-7-13-14-9/h6-7H,1-5H2,(H,11,15)(H,12,13,14). The number of carbonyl (C=O) groups is 1. The summed E-state index contributed by atoms with van der Waals surface area (Å²) < 4.78 is 10.1. The molecule has 0 atom stereocenters. The first kappa shape index (κ1) is 11.4. The van der Waals surface area contributed by atoms with E-state index in [4.69, 9.17) is 9.47 Å². The average molecular weight is 238 g/mol. The van der Waals surface area contributed by atoms with E-state index in [1.54, 1.807) is 0 Å². The largest absolute Gasteiger partial charge is 0.494 e. The molecule has 1 aromatic heterocycles. The van der Waals surface area contributed by atoms with Crippen molar-refractivity contribution in [3.05, 3.63) is 24.2 Å². The Kier molecular flexibility index (Phi) is 3.95. The molecular weight excluding hydrogens is 224 g/mol. The highest BCUT2D eigenvalue weighted by Crippen LogP contribution is 2.03. The first-order valence-electron chi connectivity index (χ1n) is 5.43. The molecule has 7 heteroatoms. The van der Waals surface area contributed by atoms with E-state index in [-0.39, 0.29) is 11.7 Å². The molecule has 0 saturated carbocycles. The minimum Gasteiger partial charge on any atom is -0.494 e.